The van der Waals surface area contributed by atoms with Gasteiger partial charge in [-0.25, -0.2) is 0 Å². The van der Waals surface area contributed by atoms with Gasteiger partial charge in [-0.1, -0.05) is 24.3 Å². The van der Waals surface area contributed by atoms with E-state index in [4.69, 9.17) is 20.6 Å². The third kappa shape index (κ3) is 5.69. The van der Waals surface area contributed by atoms with Gasteiger partial charge in [-0.15, -0.1) is 22.6 Å². The zero-order chi connectivity index (χ0) is 21.7. The summed E-state index contributed by atoms with van der Waals surface area (Å²) < 4.78 is 10.0. The van der Waals surface area contributed by atoms with Crippen molar-refractivity contribution in [1.29, 1.82) is 5.41 Å². The van der Waals surface area contributed by atoms with E-state index in [1.165, 1.54) is 14.2 Å². The van der Waals surface area contributed by atoms with Gasteiger partial charge in [0.1, 0.15) is 11.4 Å². The fourth-order valence-electron chi connectivity index (χ4n) is 3.56. The molecule has 1 aromatic carbocycles. The Morgan fingerprint density at radius 3 is 2.29 bits per heavy atom. The molecule has 1 saturated carbocycles. The zero-order valence-electron chi connectivity index (χ0n) is 17.4. The number of amidine groups is 1. The fraction of sp³-hybridized carbons (Fsp3) is 0.381. The smallest absolute Gasteiger partial charge is 0.308 e. The first-order chi connectivity index (χ1) is 14.4. The summed E-state index contributed by atoms with van der Waals surface area (Å²) in [4.78, 5) is 24.6. The van der Waals surface area contributed by atoms with E-state index in [0.29, 0.717) is 36.9 Å². The molecule has 4 N–H and O–H groups in total. The van der Waals surface area contributed by atoms with Gasteiger partial charge in [0, 0.05) is 17.2 Å². The topological polar surface area (TPSA) is 140 Å². The van der Waals surface area contributed by atoms with E-state index in [9.17, 15) is 9.59 Å². The minimum absolute atomic E-state index is 0. The number of rotatable bonds is 6. The summed E-state index contributed by atoms with van der Waals surface area (Å²) in [6, 6.07) is 8.55. The molecule has 0 atom stereocenters. The largest absolute Gasteiger partial charge is 0.479 e. The molecule has 0 radical (unpaired) electrons. The second kappa shape index (κ2) is 10.7. The normalized spacial score (nSPS) is 17.7. The van der Waals surface area contributed by atoms with E-state index in [1.807, 2.05) is 0 Å². The lowest BCUT2D eigenvalue weighted by Gasteiger charge is -2.27. The van der Waals surface area contributed by atoms with Crippen LogP contribution in [0, 0.1) is 11.3 Å². The van der Waals surface area contributed by atoms with Crippen molar-refractivity contribution in [1.82, 2.24) is 15.5 Å². The van der Waals surface area contributed by atoms with E-state index in [-0.39, 0.29) is 53.5 Å². The summed E-state index contributed by atoms with van der Waals surface area (Å²) in [6.45, 7) is 0. The molecule has 1 amide bonds. The second-order valence-corrected chi connectivity index (χ2v) is 7.19. The predicted octanol–water partition coefficient (Wildman–Crippen LogP) is 2.32. The Balaban J connectivity index is 0.00000341. The van der Waals surface area contributed by atoms with E-state index < -0.39 is 0 Å². The Hall–Kier alpha value is -3.20. The number of nitrogens with two attached hydrogens (primary N) is 1. The standard InChI is InChI=1S/C21H25N5O4.ClH/c1-29-20-16(19(27)24-15-9-7-14(8-10-15)21(28)30-2)11-17(25-26-20)12-3-5-13(6-4-12)18(22)23;/h3-6,11,14-15H,7-10H2,1-2H3,(H3,22,23)(H,24,27);1H. The molecule has 1 aliphatic rings. The Bertz CT molecular complexity index is 943. The van der Waals surface area contributed by atoms with Crippen LogP contribution in [0.1, 0.15) is 41.6 Å². The number of nitrogens with one attached hydrogen (secondary N) is 2. The van der Waals surface area contributed by atoms with Gasteiger partial charge in [-0.05, 0) is 31.7 Å². The average Bonchev–Trinajstić information content (AvgIpc) is 2.78. The van der Waals surface area contributed by atoms with Gasteiger partial charge in [0.05, 0.1) is 25.8 Å². The molecule has 10 heteroatoms. The molecule has 166 valence electrons. The predicted molar refractivity (Wildman–Crippen MR) is 118 cm³/mol. The van der Waals surface area contributed by atoms with Gasteiger partial charge in [-0.3, -0.25) is 15.0 Å². The molecule has 0 aliphatic heterocycles. The first-order valence-corrected chi connectivity index (χ1v) is 9.68. The summed E-state index contributed by atoms with van der Waals surface area (Å²) >= 11 is 0. The first-order valence-electron chi connectivity index (χ1n) is 9.68. The summed E-state index contributed by atoms with van der Waals surface area (Å²) in [5, 5.41) is 18.6. The number of amides is 1. The SMILES string of the molecule is COC(=O)C1CCC(NC(=O)c2cc(-c3ccc(C(=N)N)cc3)nnc2OC)CC1.Cl. The molecule has 31 heavy (non-hydrogen) atoms. The summed E-state index contributed by atoms with van der Waals surface area (Å²) in [5.41, 5.74) is 7.61. The van der Waals surface area contributed by atoms with Gasteiger partial charge >= 0.3 is 5.97 Å². The highest BCUT2D eigenvalue weighted by Crippen LogP contribution is 2.27. The van der Waals surface area contributed by atoms with Gasteiger partial charge in [-0.2, -0.15) is 0 Å². The van der Waals surface area contributed by atoms with Crippen LogP contribution in [0.2, 0.25) is 0 Å². The quantitative estimate of drug-likeness (QED) is 0.350. The van der Waals surface area contributed by atoms with E-state index in [2.05, 4.69) is 15.5 Å². The van der Waals surface area contributed by atoms with Crippen LogP contribution in [0.3, 0.4) is 0 Å². The van der Waals surface area contributed by atoms with Gasteiger partial charge in [0.25, 0.3) is 5.91 Å². The van der Waals surface area contributed by atoms with Gasteiger partial charge in [0.15, 0.2) is 0 Å². The van der Waals surface area contributed by atoms with Crippen molar-refractivity contribution >= 4 is 30.1 Å². The van der Waals surface area contributed by atoms with Crippen molar-refractivity contribution in [2.24, 2.45) is 11.7 Å². The lowest BCUT2D eigenvalue weighted by atomic mass is 9.86. The number of hydrogen-bond donors (Lipinski definition) is 3. The van der Waals surface area contributed by atoms with E-state index >= 15 is 0 Å². The summed E-state index contributed by atoms with van der Waals surface area (Å²) in [6.07, 6.45) is 2.76. The Morgan fingerprint density at radius 2 is 1.74 bits per heavy atom. The van der Waals surface area contributed by atoms with E-state index in [0.717, 1.165) is 5.56 Å². The monoisotopic (exact) mass is 447 g/mol. The molecule has 0 saturated heterocycles. The number of nitrogens with zero attached hydrogens (tertiary/aromatic N) is 2. The highest BCUT2D eigenvalue weighted by molar-refractivity contribution is 5.98. The van der Waals surface area contributed by atoms with Crippen LogP contribution >= 0.6 is 12.4 Å². The highest BCUT2D eigenvalue weighted by Gasteiger charge is 2.28. The van der Waals surface area contributed by atoms with Crippen LogP contribution in [-0.4, -0.2) is 48.2 Å². The highest BCUT2D eigenvalue weighted by atomic mass is 35.5. The number of aromatic nitrogens is 2. The van der Waals surface area contributed by atoms with Crippen LogP contribution in [0.15, 0.2) is 30.3 Å². The number of esters is 1. The summed E-state index contributed by atoms with van der Waals surface area (Å²) in [7, 11) is 2.83. The van der Waals surface area contributed by atoms with Crippen molar-refractivity contribution in [2.75, 3.05) is 14.2 Å². The molecule has 0 spiro atoms. The van der Waals surface area contributed by atoms with Crippen molar-refractivity contribution in [2.45, 2.75) is 31.7 Å². The number of halogens is 1. The number of carbonyl (C=O) groups excluding carboxylic acids is 2. The van der Waals surface area contributed by atoms with Crippen molar-refractivity contribution in [3.63, 3.8) is 0 Å². The number of methoxy groups -OCH3 is 2. The zero-order valence-corrected chi connectivity index (χ0v) is 18.2. The molecule has 2 aromatic rings. The Kier molecular flexibility index (Phi) is 8.32. The van der Waals surface area contributed by atoms with Gasteiger partial charge < -0.3 is 20.5 Å². The Labute approximate surface area is 186 Å². The lowest BCUT2D eigenvalue weighted by Crippen LogP contribution is -2.39. The molecule has 0 bridgehead atoms. The van der Waals surface area contributed by atoms with Crippen LogP contribution in [-0.2, 0) is 9.53 Å². The number of ether oxygens (including phenoxy) is 2. The van der Waals surface area contributed by atoms with Crippen LogP contribution in [0.5, 0.6) is 5.88 Å². The molecular formula is C21H26ClN5O4. The fourth-order valence-corrected chi connectivity index (χ4v) is 3.56. The maximum Gasteiger partial charge on any atom is 0.308 e. The molecular weight excluding hydrogens is 422 g/mol. The van der Waals surface area contributed by atoms with Crippen molar-refractivity contribution in [3.8, 4) is 17.1 Å². The molecule has 0 unspecified atom stereocenters. The molecule has 3 rings (SSSR count). The van der Waals surface area contributed by atoms with Crippen molar-refractivity contribution in [3.05, 3.63) is 41.5 Å². The van der Waals surface area contributed by atoms with Crippen LogP contribution in [0.25, 0.3) is 11.3 Å². The van der Waals surface area contributed by atoms with Crippen molar-refractivity contribution < 1.29 is 19.1 Å². The number of benzene rings is 1. The Morgan fingerprint density at radius 1 is 1.10 bits per heavy atom. The molecule has 1 aliphatic carbocycles. The maximum atomic E-state index is 12.9. The number of nitrogen functional groups attached to an aromatic ring is 1. The average molecular weight is 448 g/mol. The first kappa shape index (κ1) is 24.1. The van der Waals surface area contributed by atoms with Crippen LogP contribution < -0.4 is 15.8 Å². The third-order valence-electron chi connectivity index (χ3n) is 5.29. The molecule has 1 fully saturated rings. The number of carbonyl (C=O) groups is 2. The summed E-state index contributed by atoms with van der Waals surface area (Å²) in [5.74, 6) is -0.487. The minimum Gasteiger partial charge on any atom is -0.479 e. The van der Waals surface area contributed by atoms with Crippen LogP contribution in [0.4, 0.5) is 0 Å². The molecule has 1 heterocycles. The third-order valence-corrected chi connectivity index (χ3v) is 5.29. The lowest BCUT2D eigenvalue weighted by molar-refractivity contribution is -0.146. The molecule has 1 aromatic heterocycles. The maximum absolute atomic E-state index is 12.9. The molecule has 9 nitrogen and oxygen atoms in total. The number of hydrogen-bond acceptors (Lipinski definition) is 7. The van der Waals surface area contributed by atoms with E-state index in [1.54, 1.807) is 30.3 Å². The van der Waals surface area contributed by atoms with Gasteiger partial charge in [0.2, 0.25) is 5.88 Å². The minimum atomic E-state index is -0.301. The second-order valence-electron chi connectivity index (χ2n) is 7.19.